The number of aliphatic hydroxyl groups is 1. The van der Waals surface area contributed by atoms with Crippen molar-refractivity contribution in [3.05, 3.63) is 30.1 Å². The summed E-state index contributed by atoms with van der Waals surface area (Å²) in [5.74, 6) is -0.0652. The Morgan fingerprint density at radius 3 is 3.00 bits per heavy atom. The molecule has 1 aliphatic rings. The number of hydrogen-bond acceptors (Lipinski definition) is 3. The molecule has 1 aliphatic heterocycles. The maximum atomic E-state index is 13.4. The van der Waals surface area contributed by atoms with Crippen LogP contribution in [0.2, 0.25) is 0 Å². The third kappa shape index (κ3) is 4.32. The molecule has 1 fully saturated rings. The Balaban J connectivity index is 1.75. The van der Waals surface area contributed by atoms with E-state index in [4.69, 9.17) is 9.84 Å². The van der Waals surface area contributed by atoms with Crippen LogP contribution in [0.5, 0.6) is 5.75 Å². The van der Waals surface area contributed by atoms with Gasteiger partial charge in [0.1, 0.15) is 6.10 Å². The standard InChI is InChI=1S/C15H21FN2O3/c1-11(21-14-5-3-2-4-13(14)16)8-17-15(20)18-7-6-12(9-18)10-19/h2-5,11-12,19H,6-10H2,1H3,(H,17,20). The van der Waals surface area contributed by atoms with Crippen molar-refractivity contribution in [3.8, 4) is 5.75 Å². The first-order valence-electron chi connectivity index (χ1n) is 7.15. The van der Waals surface area contributed by atoms with E-state index in [1.165, 1.54) is 6.07 Å². The van der Waals surface area contributed by atoms with E-state index in [1.807, 2.05) is 0 Å². The first kappa shape index (κ1) is 15.6. The summed E-state index contributed by atoms with van der Waals surface area (Å²) in [6.45, 7) is 3.40. The van der Waals surface area contributed by atoms with Crippen molar-refractivity contribution in [1.29, 1.82) is 0 Å². The Morgan fingerprint density at radius 2 is 2.33 bits per heavy atom. The average molecular weight is 296 g/mol. The molecule has 0 aliphatic carbocycles. The first-order chi connectivity index (χ1) is 10.1. The van der Waals surface area contributed by atoms with Crippen LogP contribution < -0.4 is 10.1 Å². The molecule has 1 aromatic carbocycles. The van der Waals surface area contributed by atoms with Gasteiger partial charge in [0.2, 0.25) is 0 Å². The molecule has 1 aromatic rings. The van der Waals surface area contributed by atoms with Crippen molar-refractivity contribution in [1.82, 2.24) is 10.2 Å². The zero-order chi connectivity index (χ0) is 15.2. The molecule has 0 saturated carbocycles. The lowest BCUT2D eigenvalue weighted by Gasteiger charge is -2.20. The van der Waals surface area contributed by atoms with E-state index in [1.54, 1.807) is 30.0 Å². The van der Waals surface area contributed by atoms with Crippen LogP contribution in [0.25, 0.3) is 0 Å². The molecule has 0 bridgehead atoms. The van der Waals surface area contributed by atoms with Crippen LogP contribution >= 0.6 is 0 Å². The third-order valence-electron chi connectivity index (χ3n) is 3.54. The molecule has 2 rings (SSSR count). The number of carbonyl (C=O) groups excluding carboxylic acids is 1. The number of ether oxygens (including phenoxy) is 1. The van der Waals surface area contributed by atoms with Crippen molar-refractivity contribution in [2.75, 3.05) is 26.2 Å². The number of hydrogen-bond donors (Lipinski definition) is 2. The Bertz CT molecular complexity index is 484. The van der Waals surface area contributed by atoms with E-state index in [0.29, 0.717) is 19.6 Å². The number of aliphatic hydroxyl groups excluding tert-OH is 1. The van der Waals surface area contributed by atoms with E-state index < -0.39 is 5.82 Å². The van der Waals surface area contributed by atoms with Gasteiger partial charge >= 0.3 is 6.03 Å². The summed E-state index contributed by atoms with van der Waals surface area (Å²) < 4.78 is 18.9. The second kappa shape index (κ2) is 7.26. The maximum absolute atomic E-state index is 13.4. The average Bonchev–Trinajstić information content (AvgIpc) is 2.96. The van der Waals surface area contributed by atoms with Gasteiger partial charge in [-0.15, -0.1) is 0 Å². The zero-order valence-electron chi connectivity index (χ0n) is 12.1. The molecule has 2 amide bonds. The Morgan fingerprint density at radius 1 is 1.57 bits per heavy atom. The highest BCUT2D eigenvalue weighted by Crippen LogP contribution is 2.17. The number of rotatable bonds is 5. The molecule has 0 radical (unpaired) electrons. The number of halogens is 1. The minimum Gasteiger partial charge on any atom is -0.486 e. The molecular formula is C15H21FN2O3. The molecule has 0 spiro atoms. The summed E-state index contributed by atoms with van der Waals surface area (Å²) in [4.78, 5) is 13.6. The van der Waals surface area contributed by atoms with E-state index in [0.717, 1.165) is 6.42 Å². The van der Waals surface area contributed by atoms with Crippen LogP contribution in [0.4, 0.5) is 9.18 Å². The molecule has 6 heteroatoms. The largest absolute Gasteiger partial charge is 0.486 e. The number of nitrogens with one attached hydrogen (secondary N) is 1. The molecule has 0 aromatic heterocycles. The van der Waals surface area contributed by atoms with Gasteiger partial charge < -0.3 is 20.1 Å². The van der Waals surface area contributed by atoms with Gasteiger partial charge in [0, 0.05) is 25.6 Å². The molecule has 1 saturated heterocycles. The monoisotopic (exact) mass is 296 g/mol. The van der Waals surface area contributed by atoms with Gasteiger partial charge in [0.15, 0.2) is 11.6 Å². The van der Waals surface area contributed by atoms with Crippen LogP contribution in [-0.4, -0.2) is 48.4 Å². The Labute approximate surface area is 123 Å². The molecule has 2 atom stereocenters. The highest BCUT2D eigenvalue weighted by molar-refractivity contribution is 5.74. The van der Waals surface area contributed by atoms with E-state index in [9.17, 15) is 9.18 Å². The second-order valence-electron chi connectivity index (χ2n) is 5.33. The quantitative estimate of drug-likeness (QED) is 0.868. The van der Waals surface area contributed by atoms with Crippen LogP contribution in [0.15, 0.2) is 24.3 Å². The number of amides is 2. The van der Waals surface area contributed by atoms with Gasteiger partial charge in [-0.25, -0.2) is 9.18 Å². The van der Waals surface area contributed by atoms with Gasteiger partial charge in [-0.2, -0.15) is 0 Å². The minimum atomic E-state index is -0.416. The van der Waals surface area contributed by atoms with Crippen molar-refractivity contribution < 1.29 is 19.0 Å². The number of likely N-dealkylation sites (tertiary alicyclic amines) is 1. The normalized spacial score (nSPS) is 19.4. The SMILES string of the molecule is CC(CNC(=O)N1CCC(CO)C1)Oc1ccccc1F. The van der Waals surface area contributed by atoms with Crippen molar-refractivity contribution >= 4 is 6.03 Å². The smallest absolute Gasteiger partial charge is 0.317 e. The molecule has 2 unspecified atom stereocenters. The van der Waals surface area contributed by atoms with E-state index in [-0.39, 0.29) is 30.4 Å². The van der Waals surface area contributed by atoms with Gasteiger partial charge in [0.25, 0.3) is 0 Å². The number of benzene rings is 1. The predicted octanol–water partition coefficient (Wildman–Crippen LogP) is 1.62. The Kier molecular flexibility index (Phi) is 5.38. The van der Waals surface area contributed by atoms with Gasteiger partial charge in [-0.05, 0) is 25.5 Å². The minimum absolute atomic E-state index is 0.108. The van der Waals surface area contributed by atoms with Crippen molar-refractivity contribution in [2.24, 2.45) is 5.92 Å². The molecule has 5 nitrogen and oxygen atoms in total. The summed E-state index contributed by atoms with van der Waals surface area (Å²) in [6.07, 6.45) is 0.493. The van der Waals surface area contributed by atoms with Gasteiger partial charge in [0.05, 0.1) is 6.54 Å². The number of para-hydroxylation sites is 1. The van der Waals surface area contributed by atoms with Gasteiger partial charge in [-0.1, -0.05) is 12.1 Å². The van der Waals surface area contributed by atoms with Crippen molar-refractivity contribution in [2.45, 2.75) is 19.4 Å². The van der Waals surface area contributed by atoms with Crippen LogP contribution in [-0.2, 0) is 0 Å². The van der Waals surface area contributed by atoms with Crippen LogP contribution in [0.1, 0.15) is 13.3 Å². The highest BCUT2D eigenvalue weighted by Gasteiger charge is 2.25. The molecular weight excluding hydrogens is 275 g/mol. The summed E-state index contributed by atoms with van der Waals surface area (Å²) in [6, 6.07) is 6.01. The maximum Gasteiger partial charge on any atom is 0.317 e. The first-order valence-corrected chi connectivity index (χ1v) is 7.15. The van der Waals surface area contributed by atoms with E-state index >= 15 is 0 Å². The Hall–Kier alpha value is -1.82. The van der Waals surface area contributed by atoms with Crippen LogP contribution in [0.3, 0.4) is 0 Å². The van der Waals surface area contributed by atoms with Crippen LogP contribution in [0, 0.1) is 11.7 Å². The molecule has 21 heavy (non-hydrogen) atoms. The molecule has 116 valence electrons. The zero-order valence-corrected chi connectivity index (χ0v) is 12.1. The molecule has 2 N–H and O–H groups in total. The third-order valence-corrected chi connectivity index (χ3v) is 3.54. The summed E-state index contributed by atoms with van der Waals surface area (Å²) in [5.41, 5.74) is 0. The fourth-order valence-electron chi connectivity index (χ4n) is 2.31. The second-order valence-corrected chi connectivity index (χ2v) is 5.33. The summed E-state index contributed by atoms with van der Waals surface area (Å²) >= 11 is 0. The van der Waals surface area contributed by atoms with Gasteiger partial charge in [-0.3, -0.25) is 0 Å². The number of nitrogens with zero attached hydrogens (tertiary/aromatic N) is 1. The lowest BCUT2D eigenvalue weighted by atomic mass is 10.1. The number of urea groups is 1. The fraction of sp³-hybridized carbons (Fsp3) is 0.533. The predicted molar refractivity (Wildman–Crippen MR) is 76.7 cm³/mol. The van der Waals surface area contributed by atoms with Crippen molar-refractivity contribution in [3.63, 3.8) is 0 Å². The fourth-order valence-corrected chi connectivity index (χ4v) is 2.31. The van der Waals surface area contributed by atoms with E-state index in [2.05, 4.69) is 5.32 Å². The summed E-state index contributed by atoms with van der Waals surface area (Å²) in [7, 11) is 0. The highest BCUT2D eigenvalue weighted by atomic mass is 19.1. The lowest BCUT2D eigenvalue weighted by Crippen LogP contribution is -2.42. The summed E-state index contributed by atoms with van der Waals surface area (Å²) in [5, 5.41) is 11.8. The topological polar surface area (TPSA) is 61.8 Å². The lowest BCUT2D eigenvalue weighted by molar-refractivity contribution is 0.182. The number of carbonyl (C=O) groups is 1. The molecule has 1 heterocycles.